The van der Waals surface area contributed by atoms with Gasteiger partial charge in [-0.25, -0.2) is 4.98 Å². The summed E-state index contributed by atoms with van der Waals surface area (Å²) in [4.78, 5) is 11.1. The predicted molar refractivity (Wildman–Crippen MR) is 55.9 cm³/mol. The Bertz CT molecular complexity index is 502. The van der Waals surface area contributed by atoms with Crippen molar-refractivity contribution in [1.29, 1.82) is 0 Å². The van der Waals surface area contributed by atoms with Crippen LogP contribution < -0.4 is 0 Å². The number of halogens is 2. The van der Waals surface area contributed by atoms with Gasteiger partial charge in [0.2, 0.25) is 5.28 Å². The van der Waals surface area contributed by atoms with Crippen molar-refractivity contribution in [3.63, 3.8) is 0 Å². The van der Waals surface area contributed by atoms with E-state index in [1.165, 1.54) is 18.4 Å². The summed E-state index contributed by atoms with van der Waals surface area (Å²) >= 11 is 11.7. The van der Waals surface area contributed by atoms with Crippen LogP contribution in [0.3, 0.4) is 0 Å². The predicted octanol–water partition coefficient (Wildman–Crippen LogP) is 3.14. The average Bonchev–Trinajstić information content (AvgIpc) is 2.87. The van der Waals surface area contributed by atoms with Crippen LogP contribution in [0.2, 0.25) is 10.4 Å². The van der Waals surface area contributed by atoms with Gasteiger partial charge in [0.25, 0.3) is 0 Å². The van der Waals surface area contributed by atoms with Crippen LogP contribution >= 0.6 is 23.2 Å². The Morgan fingerprint density at radius 1 is 1.29 bits per heavy atom. The maximum atomic E-state index is 6.03. The van der Waals surface area contributed by atoms with E-state index in [0.29, 0.717) is 11.1 Å². The number of hydrogen-bond acceptors (Lipinski definition) is 2. The lowest BCUT2D eigenvalue weighted by atomic mass is 10.2. The number of nitrogens with zero attached hydrogens (tertiary/aromatic N) is 2. The number of nitrogens with one attached hydrogen (secondary N) is 1. The maximum absolute atomic E-state index is 6.03. The molecule has 0 atom stereocenters. The number of H-pyrrole nitrogens is 1. The molecule has 0 aromatic carbocycles. The molecule has 3 nitrogen and oxygen atoms in total. The second-order valence-electron chi connectivity index (χ2n) is 3.53. The molecule has 14 heavy (non-hydrogen) atoms. The summed E-state index contributed by atoms with van der Waals surface area (Å²) in [5.41, 5.74) is 1.96. The fourth-order valence-electron chi connectivity index (χ4n) is 1.70. The van der Waals surface area contributed by atoms with E-state index in [9.17, 15) is 0 Å². The van der Waals surface area contributed by atoms with Gasteiger partial charge >= 0.3 is 0 Å². The van der Waals surface area contributed by atoms with E-state index in [0.717, 1.165) is 11.0 Å². The largest absolute Gasteiger partial charge is 0.346 e. The molecular formula is C9H7Cl2N3. The maximum Gasteiger partial charge on any atom is 0.225 e. The number of fused-ring (bicyclic) bond motifs is 1. The number of hydrogen-bond donors (Lipinski definition) is 1. The summed E-state index contributed by atoms with van der Waals surface area (Å²) in [5.74, 6) is 0.631. The third-order valence-electron chi connectivity index (χ3n) is 2.51. The first-order valence-electron chi connectivity index (χ1n) is 4.45. The van der Waals surface area contributed by atoms with E-state index in [4.69, 9.17) is 23.2 Å². The average molecular weight is 228 g/mol. The standard InChI is InChI=1S/C9H7Cl2N3/c10-7-6-5(4-1-2-4)3-12-8(6)14-9(11)13-7/h3-4H,1-2H2,(H,12,13,14). The quantitative estimate of drug-likeness (QED) is 0.601. The second kappa shape index (κ2) is 2.84. The van der Waals surface area contributed by atoms with Gasteiger partial charge in [0.15, 0.2) is 0 Å². The number of aromatic amines is 1. The Hall–Kier alpha value is -0.800. The molecule has 0 saturated heterocycles. The molecule has 1 aliphatic rings. The van der Waals surface area contributed by atoms with E-state index in [-0.39, 0.29) is 5.28 Å². The first-order chi connectivity index (χ1) is 6.75. The highest BCUT2D eigenvalue weighted by Gasteiger charge is 2.27. The summed E-state index contributed by atoms with van der Waals surface area (Å²) in [6.45, 7) is 0. The van der Waals surface area contributed by atoms with Gasteiger partial charge in [0, 0.05) is 6.20 Å². The van der Waals surface area contributed by atoms with Gasteiger partial charge < -0.3 is 4.98 Å². The first-order valence-corrected chi connectivity index (χ1v) is 5.21. The van der Waals surface area contributed by atoms with Crippen molar-refractivity contribution in [2.45, 2.75) is 18.8 Å². The summed E-state index contributed by atoms with van der Waals surface area (Å²) in [5, 5.41) is 1.56. The Morgan fingerprint density at radius 3 is 2.79 bits per heavy atom. The van der Waals surface area contributed by atoms with Crippen LogP contribution in [0.4, 0.5) is 0 Å². The van der Waals surface area contributed by atoms with Crippen LogP contribution in [0.5, 0.6) is 0 Å². The smallest absolute Gasteiger partial charge is 0.225 e. The molecule has 2 aromatic rings. The lowest BCUT2D eigenvalue weighted by Gasteiger charge is -1.97. The molecule has 0 unspecified atom stereocenters. The van der Waals surface area contributed by atoms with Crippen molar-refractivity contribution in [2.75, 3.05) is 0 Å². The third-order valence-corrected chi connectivity index (χ3v) is 2.95. The van der Waals surface area contributed by atoms with Crippen molar-refractivity contribution in [2.24, 2.45) is 0 Å². The summed E-state index contributed by atoms with van der Waals surface area (Å²) < 4.78 is 0. The Morgan fingerprint density at radius 2 is 2.07 bits per heavy atom. The highest BCUT2D eigenvalue weighted by Crippen LogP contribution is 2.44. The molecule has 0 aliphatic heterocycles. The van der Waals surface area contributed by atoms with Gasteiger partial charge in [0.05, 0.1) is 5.39 Å². The first kappa shape index (κ1) is 8.50. The third kappa shape index (κ3) is 1.20. The summed E-state index contributed by atoms with van der Waals surface area (Å²) in [7, 11) is 0. The van der Waals surface area contributed by atoms with E-state index in [1.54, 1.807) is 0 Å². The topological polar surface area (TPSA) is 41.6 Å². The fraction of sp³-hybridized carbons (Fsp3) is 0.333. The minimum atomic E-state index is 0.187. The van der Waals surface area contributed by atoms with Crippen molar-refractivity contribution >= 4 is 34.2 Å². The number of aromatic nitrogens is 3. The van der Waals surface area contributed by atoms with Crippen LogP contribution in [0.1, 0.15) is 24.3 Å². The minimum absolute atomic E-state index is 0.187. The highest BCUT2D eigenvalue weighted by molar-refractivity contribution is 6.35. The molecule has 0 spiro atoms. The fourth-order valence-corrected chi connectivity index (χ4v) is 2.19. The zero-order valence-electron chi connectivity index (χ0n) is 7.22. The molecule has 72 valence electrons. The minimum Gasteiger partial charge on any atom is -0.346 e. The van der Waals surface area contributed by atoms with E-state index >= 15 is 0 Å². The van der Waals surface area contributed by atoms with Gasteiger partial charge in [-0.1, -0.05) is 11.6 Å². The molecule has 0 amide bonds. The zero-order valence-corrected chi connectivity index (χ0v) is 8.73. The molecule has 2 aromatic heterocycles. The molecular weight excluding hydrogens is 221 g/mol. The molecule has 1 N–H and O–H groups in total. The normalized spacial score (nSPS) is 16.4. The molecule has 1 saturated carbocycles. The van der Waals surface area contributed by atoms with Gasteiger partial charge in [0.1, 0.15) is 10.8 Å². The Kier molecular flexibility index (Phi) is 1.73. The van der Waals surface area contributed by atoms with Gasteiger partial charge in [-0.2, -0.15) is 4.98 Å². The van der Waals surface area contributed by atoms with Crippen molar-refractivity contribution in [3.05, 3.63) is 22.2 Å². The van der Waals surface area contributed by atoms with Crippen LogP contribution in [0.15, 0.2) is 6.20 Å². The van der Waals surface area contributed by atoms with Crippen LogP contribution in [0.25, 0.3) is 11.0 Å². The van der Waals surface area contributed by atoms with Gasteiger partial charge in [-0.3, -0.25) is 0 Å². The zero-order chi connectivity index (χ0) is 9.71. The molecule has 2 heterocycles. The lowest BCUT2D eigenvalue weighted by molar-refractivity contribution is 1.14. The van der Waals surface area contributed by atoms with Gasteiger partial charge in [-0.05, 0) is 35.9 Å². The van der Waals surface area contributed by atoms with Crippen LogP contribution in [0, 0.1) is 0 Å². The molecule has 1 fully saturated rings. The van der Waals surface area contributed by atoms with E-state index in [2.05, 4.69) is 15.0 Å². The van der Waals surface area contributed by atoms with Crippen LogP contribution in [-0.4, -0.2) is 15.0 Å². The molecule has 5 heteroatoms. The Labute approximate surface area is 90.5 Å². The van der Waals surface area contributed by atoms with Crippen molar-refractivity contribution in [1.82, 2.24) is 15.0 Å². The molecule has 3 rings (SSSR count). The van der Waals surface area contributed by atoms with E-state index < -0.39 is 0 Å². The lowest BCUT2D eigenvalue weighted by Crippen LogP contribution is -1.86. The Balaban J connectivity index is 2.33. The van der Waals surface area contributed by atoms with Crippen molar-refractivity contribution < 1.29 is 0 Å². The highest BCUT2D eigenvalue weighted by atomic mass is 35.5. The summed E-state index contributed by atoms with van der Waals surface area (Å²) in [6.07, 6.45) is 4.41. The number of rotatable bonds is 1. The monoisotopic (exact) mass is 227 g/mol. The van der Waals surface area contributed by atoms with Crippen LogP contribution in [-0.2, 0) is 0 Å². The molecule has 1 aliphatic carbocycles. The SMILES string of the molecule is Clc1nc(Cl)c2c(C3CC3)c[nH]c2n1. The molecule has 0 radical (unpaired) electrons. The van der Waals surface area contributed by atoms with Gasteiger partial charge in [-0.15, -0.1) is 0 Å². The van der Waals surface area contributed by atoms with E-state index in [1.807, 2.05) is 6.20 Å². The second-order valence-corrected chi connectivity index (χ2v) is 4.22. The summed E-state index contributed by atoms with van der Waals surface area (Å²) in [6, 6.07) is 0. The van der Waals surface area contributed by atoms with Crippen molar-refractivity contribution in [3.8, 4) is 0 Å². The molecule has 0 bridgehead atoms.